The fourth-order valence-electron chi connectivity index (χ4n) is 2.53. The van der Waals surface area contributed by atoms with E-state index in [1.807, 2.05) is 25.2 Å². The second-order valence-corrected chi connectivity index (χ2v) is 5.01. The Bertz CT molecular complexity index is 408. The molecule has 1 aliphatic rings. The number of benzene rings is 1. The van der Waals surface area contributed by atoms with Gasteiger partial charge in [0.2, 0.25) is 0 Å². The Morgan fingerprint density at radius 1 is 1.33 bits per heavy atom. The van der Waals surface area contributed by atoms with E-state index in [0.29, 0.717) is 6.04 Å². The van der Waals surface area contributed by atoms with Crippen molar-refractivity contribution in [2.75, 3.05) is 25.0 Å². The van der Waals surface area contributed by atoms with Gasteiger partial charge in [0.1, 0.15) is 0 Å². The van der Waals surface area contributed by atoms with Crippen molar-refractivity contribution in [1.29, 1.82) is 0 Å². The molecule has 98 valence electrons. The van der Waals surface area contributed by atoms with Gasteiger partial charge >= 0.3 is 5.97 Å². The Morgan fingerprint density at radius 2 is 2.00 bits per heavy atom. The van der Waals surface area contributed by atoms with Gasteiger partial charge in [-0.1, -0.05) is 18.2 Å². The van der Waals surface area contributed by atoms with Gasteiger partial charge < -0.3 is 10.0 Å². The molecular weight excluding hydrogens is 228 g/mol. The molecule has 0 radical (unpaired) electrons. The van der Waals surface area contributed by atoms with Crippen molar-refractivity contribution in [2.45, 2.75) is 25.4 Å². The van der Waals surface area contributed by atoms with Crippen molar-refractivity contribution in [1.82, 2.24) is 4.90 Å². The topological polar surface area (TPSA) is 43.8 Å². The number of rotatable bonds is 3. The number of nitrogens with zero attached hydrogens (tertiary/aromatic N) is 2. The van der Waals surface area contributed by atoms with Gasteiger partial charge in [0.25, 0.3) is 0 Å². The average molecular weight is 248 g/mol. The summed E-state index contributed by atoms with van der Waals surface area (Å²) in [4.78, 5) is 15.4. The molecule has 2 atom stereocenters. The lowest BCUT2D eigenvalue weighted by atomic mass is 10.0. The van der Waals surface area contributed by atoms with Gasteiger partial charge in [-0.3, -0.25) is 9.69 Å². The number of hydrogen-bond acceptors (Lipinski definition) is 3. The van der Waals surface area contributed by atoms with Gasteiger partial charge in [-0.25, -0.2) is 0 Å². The number of aliphatic carboxylic acids is 1. The van der Waals surface area contributed by atoms with Crippen molar-refractivity contribution < 1.29 is 9.90 Å². The van der Waals surface area contributed by atoms with E-state index in [1.165, 1.54) is 5.69 Å². The number of para-hydroxylation sites is 1. The van der Waals surface area contributed by atoms with Crippen LogP contribution in [0.4, 0.5) is 5.69 Å². The quantitative estimate of drug-likeness (QED) is 0.883. The molecule has 0 saturated carbocycles. The van der Waals surface area contributed by atoms with E-state index in [4.69, 9.17) is 5.11 Å². The van der Waals surface area contributed by atoms with Crippen molar-refractivity contribution in [3.8, 4) is 0 Å². The fraction of sp³-hybridized carbons (Fsp3) is 0.500. The SMILES string of the molecule is C[C@@H]1CN(c2ccccc2)C[C@H](CC(=O)O)N1C. The smallest absolute Gasteiger partial charge is 0.305 e. The van der Waals surface area contributed by atoms with Crippen LogP contribution in [-0.4, -0.2) is 48.2 Å². The van der Waals surface area contributed by atoms with Crippen LogP contribution >= 0.6 is 0 Å². The third-order valence-corrected chi connectivity index (χ3v) is 3.72. The lowest BCUT2D eigenvalue weighted by molar-refractivity contribution is -0.138. The minimum Gasteiger partial charge on any atom is -0.481 e. The number of carboxylic acids is 1. The lowest BCUT2D eigenvalue weighted by Gasteiger charge is -2.44. The van der Waals surface area contributed by atoms with Gasteiger partial charge in [-0.15, -0.1) is 0 Å². The van der Waals surface area contributed by atoms with Crippen LogP contribution in [0.5, 0.6) is 0 Å². The number of anilines is 1. The van der Waals surface area contributed by atoms with Gasteiger partial charge in [0, 0.05) is 30.9 Å². The molecule has 1 N–H and O–H groups in total. The zero-order valence-corrected chi connectivity index (χ0v) is 10.9. The first-order chi connectivity index (χ1) is 8.58. The predicted octanol–water partition coefficient (Wildman–Crippen LogP) is 1.67. The summed E-state index contributed by atoms with van der Waals surface area (Å²) in [5.41, 5.74) is 1.17. The number of carboxylic acid groups (broad SMARTS) is 1. The summed E-state index contributed by atoms with van der Waals surface area (Å²) < 4.78 is 0. The molecular formula is C14H20N2O2. The molecule has 1 fully saturated rings. The van der Waals surface area contributed by atoms with E-state index < -0.39 is 5.97 Å². The fourth-order valence-corrected chi connectivity index (χ4v) is 2.53. The Hall–Kier alpha value is -1.55. The molecule has 0 aromatic heterocycles. The van der Waals surface area contributed by atoms with E-state index in [9.17, 15) is 4.79 Å². The van der Waals surface area contributed by atoms with E-state index in [2.05, 4.69) is 28.9 Å². The Kier molecular flexibility index (Phi) is 3.87. The van der Waals surface area contributed by atoms with Crippen LogP contribution in [0.3, 0.4) is 0 Å². The van der Waals surface area contributed by atoms with Crippen molar-refractivity contribution in [3.63, 3.8) is 0 Å². The minimum absolute atomic E-state index is 0.0754. The molecule has 2 rings (SSSR count). The molecule has 0 aliphatic carbocycles. The predicted molar refractivity (Wildman–Crippen MR) is 71.9 cm³/mol. The zero-order valence-electron chi connectivity index (χ0n) is 10.9. The molecule has 1 aromatic carbocycles. The van der Waals surface area contributed by atoms with Crippen LogP contribution in [-0.2, 0) is 4.79 Å². The summed E-state index contributed by atoms with van der Waals surface area (Å²) in [6.07, 6.45) is 0.199. The third-order valence-electron chi connectivity index (χ3n) is 3.72. The van der Waals surface area contributed by atoms with Crippen LogP contribution in [0, 0.1) is 0 Å². The van der Waals surface area contributed by atoms with Crippen LogP contribution in [0.2, 0.25) is 0 Å². The Balaban J connectivity index is 2.12. The van der Waals surface area contributed by atoms with Crippen LogP contribution in [0.1, 0.15) is 13.3 Å². The van der Waals surface area contributed by atoms with Crippen molar-refractivity contribution >= 4 is 11.7 Å². The second kappa shape index (κ2) is 5.40. The molecule has 1 heterocycles. The van der Waals surface area contributed by atoms with Crippen molar-refractivity contribution in [2.24, 2.45) is 0 Å². The third kappa shape index (κ3) is 2.82. The summed E-state index contributed by atoms with van der Waals surface area (Å²) in [5.74, 6) is -0.728. The maximum absolute atomic E-state index is 10.9. The largest absolute Gasteiger partial charge is 0.481 e. The molecule has 0 amide bonds. The van der Waals surface area contributed by atoms with Crippen molar-refractivity contribution in [3.05, 3.63) is 30.3 Å². The van der Waals surface area contributed by atoms with E-state index in [-0.39, 0.29) is 12.5 Å². The first-order valence-electron chi connectivity index (χ1n) is 6.31. The first-order valence-corrected chi connectivity index (χ1v) is 6.31. The Labute approximate surface area is 108 Å². The molecule has 4 nitrogen and oxygen atoms in total. The summed E-state index contributed by atoms with van der Waals surface area (Å²) in [6, 6.07) is 10.6. The molecule has 0 spiro atoms. The average Bonchev–Trinajstić information content (AvgIpc) is 2.35. The maximum atomic E-state index is 10.9. The van der Waals surface area contributed by atoms with Crippen LogP contribution < -0.4 is 4.90 Å². The van der Waals surface area contributed by atoms with Crippen LogP contribution in [0.25, 0.3) is 0 Å². The monoisotopic (exact) mass is 248 g/mol. The lowest BCUT2D eigenvalue weighted by Crippen LogP contribution is -2.56. The molecule has 4 heteroatoms. The number of hydrogen-bond donors (Lipinski definition) is 1. The molecule has 1 aliphatic heterocycles. The number of likely N-dealkylation sites (N-methyl/N-ethyl adjacent to an activating group) is 1. The maximum Gasteiger partial charge on any atom is 0.305 e. The van der Waals surface area contributed by atoms with Gasteiger partial charge in [0.05, 0.1) is 6.42 Å². The van der Waals surface area contributed by atoms with E-state index in [0.717, 1.165) is 13.1 Å². The van der Waals surface area contributed by atoms with Crippen LogP contribution in [0.15, 0.2) is 30.3 Å². The minimum atomic E-state index is -0.728. The molecule has 0 unspecified atom stereocenters. The Morgan fingerprint density at radius 3 is 2.61 bits per heavy atom. The second-order valence-electron chi connectivity index (χ2n) is 5.01. The van der Waals surface area contributed by atoms with Gasteiger partial charge in [-0.05, 0) is 26.1 Å². The highest BCUT2D eigenvalue weighted by molar-refractivity contribution is 5.67. The summed E-state index contributed by atoms with van der Waals surface area (Å²) in [7, 11) is 2.01. The first kappa shape index (κ1) is 12.9. The highest BCUT2D eigenvalue weighted by Gasteiger charge is 2.30. The summed E-state index contributed by atoms with van der Waals surface area (Å²) >= 11 is 0. The van der Waals surface area contributed by atoms with Gasteiger partial charge in [-0.2, -0.15) is 0 Å². The van der Waals surface area contributed by atoms with E-state index in [1.54, 1.807) is 0 Å². The normalized spacial score (nSPS) is 25.1. The highest BCUT2D eigenvalue weighted by Crippen LogP contribution is 2.22. The molecule has 0 bridgehead atoms. The highest BCUT2D eigenvalue weighted by atomic mass is 16.4. The molecule has 1 saturated heterocycles. The van der Waals surface area contributed by atoms with E-state index >= 15 is 0 Å². The zero-order chi connectivity index (χ0) is 13.1. The summed E-state index contributed by atoms with van der Waals surface area (Å²) in [5, 5.41) is 8.98. The molecule has 18 heavy (non-hydrogen) atoms. The number of carbonyl (C=O) groups is 1. The molecule has 1 aromatic rings. The standard InChI is InChI=1S/C14H20N2O2/c1-11-9-16(12-6-4-3-5-7-12)10-13(15(11)2)8-14(17)18/h3-7,11,13H,8-10H2,1-2H3,(H,17,18)/t11-,13+/m1/s1. The van der Waals surface area contributed by atoms with Gasteiger partial charge in [0.15, 0.2) is 0 Å². The summed E-state index contributed by atoms with van der Waals surface area (Å²) in [6.45, 7) is 3.86. The number of piperazine rings is 1.